The molecule has 2 aliphatic rings. The molecule has 2 fully saturated rings. The molecule has 0 amide bonds. The molecule has 2 N–H and O–H groups in total. The van der Waals surface area contributed by atoms with Gasteiger partial charge in [0.05, 0.1) is 0 Å². The highest BCUT2D eigenvalue weighted by Gasteiger charge is 2.22. The van der Waals surface area contributed by atoms with Crippen molar-refractivity contribution in [1.29, 1.82) is 0 Å². The third-order valence-electron chi connectivity index (χ3n) is 7.04. The normalized spacial score (nSPS) is 20.3. The van der Waals surface area contributed by atoms with Gasteiger partial charge < -0.3 is 19.8 Å². The van der Waals surface area contributed by atoms with Crippen LogP contribution < -0.4 is 4.74 Å². The van der Waals surface area contributed by atoms with Crippen LogP contribution in [0.4, 0.5) is 0 Å². The van der Waals surface area contributed by atoms with Crippen LogP contribution in [0.25, 0.3) is 0 Å². The molecule has 4 rings (SSSR count). The Morgan fingerprint density at radius 3 is 2.31 bits per heavy atom. The van der Waals surface area contributed by atoms with Crippen LogP contribution in [0.2, 0.25) is 0 Å². The van der Waals surface area contributed by atoms with Gasteiger partial charge >= 0.3 is 0 Å². The lowest BCUT2D eigenvalue weighted by molar-refractivity contribution is 0.0488. The van der Waals surface area contributed by atoms with Gasteiger partial charge in [-0.2, -0.15) is 0 Å². The number of hydrogen-bond acceptors (Lipinski definition) is 5. The lowest BCUT2D eigenvalue weighted by atomic mass is 9.89. The van der Waals surface area contributed by atoms with Crippen LogP contribution in [-0.4, -0.2) is 72.1 Å². The molecule has 1 unspecified atom stereocenters. The molecule has 2 saturated heterocycles. The second kappa shape index (κ2) is 11.8. The van der Waals surface area contributed by atoms with E-state index in [0.717, 1.165) is 51.3 Å². The highest BCUT2D eigenvalue weighted by Crippen LogP contribution is 2.28. The Hall–Kier alpha value is -1.92. The van der Waals surface area contributed by atoms with E-state index in [4.69, 9.17) is 4.74 Å². The van der Waals surface area contributed by atoms with Crippen molar-refractivity contribution in [2.24, 2.45) is 5.92 Å². The van der Waals surface area contributed by atoms with Crippen molar-refractivity contribution in [2.75, 3.05) is 45.9 Å². The van der Waals surface area contributed by atoms with Gasteiger partial charge in [-0.15, -0.1) is 0 Å². The summed E-state index contributed by atoms with van der Waals surface area (Å²) in [5, 5.41) is 19.7. The number of piperidine rings is 2. The summed E-state index contributed by atoms with van der Waals surface area (Å²) in [4.78, 5) is 4.80. The van der Waals surface area contributed by atoms with Crippen LogP contribution in [0.3, 0.4) is 0 Å². The summed E-state index contributed by atoms with van der Waals surface area (Å²) in [5.74, 6) is 1.93. The van der Waals surface area contributed by atoms with Gasteiger partial charge in [0.25, 0.3) is 0 Å². The molecule has 0 saturated carbocycles. The van der Waals surface area contributed by atoms with Gasteiger partial charge in [0.15, 0.2) is 0 Å². The Labute approximate surface area is 192 Å². The standard InChI is InChI=1S/C27H38N2O3/c30-20-22-9-13-29(14-10-22)19-26(31)21-32-27-8-4-5-23(17-27)18-28-15-11-25(12-16-28)24-6-2-1-3-7-24/h1-8,17,22,25-26,30-31H,9-16,18-21H2. The van der Waals surface area contributed by atoms with Crippen LogP contribution in [-0.2, 0) is 6.54 Å². The predicted octanol–water partition coefficient (Wildman–Crippen LogP) is 3.51. The Morgan fingerprint density at radius 2 is 1.59 bits per heavy atom. The van der Waals surface area contributed by atoms with Gasteiger partial charge in [-0.05, 0) is 87.0 Å². The highest BCUT2D eigenvalue weighted by molar-refractivity contribution is 5.28. The van der Waals surface area contributed by atoms with E-state index in [1.807, 2.05) is 12.1 Å². The lowest BCUT2D eigenvalue weighted by Crippen LogP contribution is -2.41. The van der Waals surface area contributed by atoms with Crippen LogP contribution >= 0.6 is 0 Å². The summed E-state index contributed by atoms with van der Waals surface area (Å²) in [5.41, 5.74) is 2.74. The number of rotatable bonds is 9. The van der Waals surface area contributed by atoms with E-state index >= 15 is 0 Å². The Balaban J connectivity index is 1.19. The van der Waals surface area contributed by atoms with Crippen molar-refractivity contribution in [2.45, 2.75) is 44.2 Å². The molecular weight excluding hydrogens is 400 g/mol. The molecule has 0 bridgehead atoms. The second-order valence-electron chi connectivity index (χ2n) is 9.50. The largest absolute Gasteiger partial charge is 0.491 e. The van der Waals surface area contributed by atoms with Gasteiger partial charge in [-0.1, -0.05) is 42.5 Å². The predicted molar refractivity (Wildman–Crippen MR) is 128 cm³/mol. The first-order valence-electron chi connectivity index (χ1n) is 12.2. The molecule has 174 valence electrons. The fourth-order valence-corrected chi connectivity index (χ4v) is 5.04. The molecule has 1 atom stereocenters. The molecule has 2 heterocycles. The zero-order chi connectivity index (χ0) is 22.2. The summed E-state index contributed by atoms with van der Waals surface area (Å²) in [7, 11) is 0. The molecule has 5 nitrogen and oxygen atoms in total. The molecule has 0 radical (unpaired) electrons. The molecule has 0 aromatic heterocycles. The van der Waals surface area contributed by atoms with Crippen molar-refractivity contribution in [3.05, 3.63) is 65.7 Å². The van der Waals surface area contributed by atoms with E-state index in [-0.39, 0.29) is 6.61 Å². The summed E-state index contributed by atoms with van der Waals surface area (Å²) in [6, 6.07) is 19.2. The minimum absolute atomic E-state index is 0.279. The number of aliphatic hydroxyl groups is 2. The molecule has 5 heteroatoms. The Kier molecular flexibility index (Phi) is 8.57. The van der Waals surface area contributed by atoms with Crippen LogP contribution in [0, 0.1) is 5.92 Å². The van der Waals surface area contributed by atoms with Crippen molar-refractivity contribution in [3.8, 4) is 5.75 Å². The third kappa shape index (κ3) is 6.79. The van der Waals surface area contributed by atoms with Crippen LogP contribution in [0.5, 0.6) is 5.75 Å². The molecule has 2 aromatic carbocycles. The van der Waals surface area contributed by atoms with Gasteiger partial charge in [0.2, 0.25) is 0 Å². The number of nitrogens with zero attached hydrogens (tertiary/aromatic N) is 2. The number of benzene rings is 2. The van der Waals surface area contributed by atoms with Gasteiger partial charge in [0, 0.05) is 19.7 Å². The molecule has 2 aliphatic heterocycles. The fourth-order valence-electron chi connectivity index (χ4n) is 5.04. The molecular formula is C27H38N2O3. The van der Waals surface area contributed by atoms with Crippen molar-refractivity contribution in [3.63, 3.8) is 0 Å². The molecule has 0 spiro atoms. The maximum Gasteiger partial charge on any atom is 0.119 e. The highest BCUT2D eigenvalue weighted by atomic mass is 16.5. The van der Waals surface area contributed by atoms with E-state index in [9.17, 15) is 10.2 Å². The van der Waals surface area contributed by atoms with Crippen molar-refractivity contribution in [1.82, 2.24) is 9.80 Å². The first-order valence-corrected chi connectivity index (χ1v) is 12.2. The quantitative estimate of drug-likeness (QED) is 0.628. The lowest BCUT2D eigenvalue weighted by Gasteiger charge is -2.32. The minimum atomic E-state index is -0.499. The zero-order valence-electron chi connectivity index (χ0n) is 19.1. The summed E-state index contributed by atoms with van der Waals surface area (Å²) < 4.78 is 5.92. The average molecular weight is 439 g/mol. The average Bonchev–Trinajstić information content (AvgIpc) is 2.84. The number of hydrogen-bond donors (Lipinski definition) is 2. The van der Waals surface area contributed by atoms with Gasteiger partial charge in [-0.25, -0.2) is 0 Å². The maximum atomic E-state index is 10.4. The van der Waals surface area contributed by atoms with E-state index in [2.05, 4.69) is 52.3 Å². The molecule has 32 heavy (non-hydrogen) atoms. The van der Waals surface area contributed by atoms with E-state index in [1.54, 1.807) is 0 Å². The fraction of sp³-hybridized carbons (Fsp3) is 0.556. The monoisotopic (exact) mass is 438 g/mol. The summed E-state index contributed by atoms with van der Waals surface area (Å²) in [6.45, 7) is 6.30. The van der Waals surface area contributed by atoms with E-state index < -0.39 is 6.10 Å². The van der Waals surface area contributed by atoms with E-state index in [0.29, 0.717) is 25.0 Å². The maximum absolute atomic E-state index is 10.4. The molecule has 2 aromatic rings. The first-order chi connectivity index (χ1) is 15.7. The Morgan fingerprint density at radius 1 is 0.875 bits per heavy atom. The van der Waals surface area contributed by atoms with Crippen molar-refractivity contribution >= 4 is 0 Å². The zero-order valence-corrected chi connectivity index (χ0v) is 19.1. The minimum Gasteiger partial charge on any atom is -0.491 e. The first kappa shape index (κ1) is 23.2. The number of likely N-dealkylation sites (tertiary alicyclic amines) is 2. The van der Waals surface area contributed by atoms with Crippen molar-refractivity contribution < 1.29 is 14.9 Å². The molecule has 0 aliphatic carbocycles. The smallest absolute Gasteiger partial charge is 0.119 e. The van der Waals surface area contributed by atoms with Gasteiger partial charge in [-0.3, -0.25) is 4.90 Å². The van der Waals surface area contributed by atoms with Crippen LogP contribution in [0.15, 0.2) is 54.6 Å². The summed E-state index contributed by atoms with van der Waals surface area (Å²) >= 11 is 0. The van der Waals surface area contributed by atoms with Gasteiger partial charge in [0.1, 0.15) is 18.5 Å². The second-order valence-corrected chi connectivity index (χ2v) is 9.50. The SMILES string of the molecule is OCC1CCN(CC(O)COc2cccc(CN3CCC(c4ccccc4)CC3)c2)CC1. The van der Waals surface area contributed by atoms with Crippen LogP contribution in [0.1, 0.15) is 42.7 Å². The van der Waals surface area contributed by atoms with E-state index in [1.165, 1.54) is 24.0 Å². The third-order valence-corrected chi connectivity index (χ3v) is 7.04. The summed E-state index contributed by atoms with van der Waals surface area (Å²) in [6.07, 6.45) is 3.94. The number of aliphatic hydroxyl groups excluding tert-OH is 2. The number of β-amino-alcohol motifs (C(OH)–C–C–N with tert-alkyl or cyclic N) is 1. The topological polar surface area (TPSA) is 56.2 Å². The number of ether oxygens (including phenoxy) is 1. The Bertz CT molecular complexity index is 800.